The van der Waals surface area contributed by atoms with Crippen LogP contribution in [-0.4, -0.2) is 24.6 Å². The number of ketones is 1. The smallest absolute Gasteiger partial charge is 0.158 e. The second-order valence-corrected chi connectivity index (χ2v) is 9.40. The molecule has 1 atom stereocenters. The van der Waals surface area contributed by atoms with Crippen molar-refractivity contribution in [3.05, 3.63) is 22.9 Å². The van der Waals surface area contributed by atoms with Crippen molar-refractivity contribution in [2.24, 2.45) is 27.7 Å². The third kappa shape index (κ3) is 1.67. The lowest BCUT2D eigenvalue weighted by Gasteiger charge is -2.66. The first-order chi connectivity index (χ1) is 11.7. The largest absolute Gasteiger partial charge is 0.317 e. The van der Waals surface area contributed by atoms with Gasteiger partial charge < -0.3 is 5.32 Å². The van der Waals surface area contributed by atoms with E-state index in [0.717, 1.165) is 49.9 Å². The maximum Gasteiger partial charge on any atom is 0.158 e. The number of hydrogen-bond donors (Lipinski definition) is 1. The number of rotatable bonds is 1. The van der Waals surface area contributed by atoms with E-state index in [1.807, 2.05) is 6.08 Å². The molecular weight excluding hydrogens is 296 g/mol. The van der Waals surface area contributed by atoms with Gasteiger partial charge in [0, 0.05) is 23.6 Å². The molecule has 0 aromatic carbocycles. The quantitative estimate of drug-likeness (QED) is 0.802. The normalized spacial score (nSPS) is 41.9. The monoisotopic (exact) mass is 322 g/mol. The molecule has 1 unspecified atom stereocenters. The van der Waals surface area contributed by atoms with Gasteiger partial charge in [0.2, 0.25) is 0 Å². The second-order valence-electron chi connectivity index (χ2n) is 9.40. The van der Waals surface area contributed by atoms with Crippen LogP contribution in [0.2, 0.25) is 0 Å². The molecule has 5 fully saturated rings. The van der Waals surface area contributed by atoms with Crippen LogP contribution in [0.15, 0.2) is 27.9 Å². The Hall–Kier alpha value is -1.22. The fraction of sp³-hybridized carbons (Fsp3) is 0.714. The Kier molecular flexibility index (Phi) is 2.62. The molecule has 0 aromatic rings. The van der Waals surface area contributed by atoms with E-state index in [4.69, 9.17) is 4.99 Å². The van der Waals surface area contributed by atoms with Crippen molar-refractivity contribution in [3.63, 3.8) is 0 Å². The fourth-order valence-corrected chi connectivity index (χ4v) is 6.88. The topological polar surface area (TPSA) is 41.5 Å². The van der Waals surface area contributed by atoms with Gasteiger partial charge in [0.25, 0.3) is 0 Å². The minimum absolute atomic E-state index is 0.0934. The van der Waals surface area contributed by atoms with Gasteiger partial charge in [-0.15, -0.1) is 0 Å². The highest BCUT2D eigenvalue weighted by molar-refractivity contribution is 6.08. The Morgan fingerprint density at radius 1 is 1.17 bits per heavy atom. The number of carbonyl (C=O) groups excluding carboxylic acids is 1. The van der Waals surface area contributed by atoms with Crippen LogP contribution >= 0.6 is 0 Å². The average molecular weight is 322 g/mol. The van der Waals surface area contributed by atoms with Crippen molar-refractivity contribution < 1.29 is 4.79 Å². The molecule has 1 saturated heterocycles. The Morgan fingerprint density at radius 2 is 1.96 bits per heavy atom. The molecule has 3 heteroatoms. The molecule has 4 saturated carbocycles. The van der Waals surface area contributed by atoms with E-state index in [1.54, 1.807) is 5.57 Å². The molecule has 3 nitrogen and oxygen atoms in total. The Bertz CT molecular complexity index is 718. The Morgan fingerprint density at radius 3 is 2.67 bits per heavy atom. The van der Waals surface area contributed by atoms with Gasteiger partial charge in [-0.25, -0.2) is 0 Å². The fourth-order valence-electron chi connectivity index (χ4n) is 6.88. The summed E-state index contributed by atoms with van der Waals surface area (Å²) in [6.07, 6.45) is 13.0. The van der Waals surface area contributed by atoms with Gasteiger partial charge in [-0.1, -0.05) is 0 Å². The zero-order valence-corrected chi connectivity index (χ0v) is 14.4. The number of nitrogens with zero attached hydrogens (tertiary/aromatic N) is 1. The molecule has 0 amide bonds. The van der Waals surface area contributed by atoms with Crippen LogP contribution in [0.4, 0.5) is 0 Å². The van der Waals surface area contributed by atoms with Gasteiger partial charge in [-0.2, -0.15) is 0 Å². The lowest BCUT2D eigenvalue weighted by Crippen LogP contribution is -2.57. The van der Waals surface area contributed by atoms with Crippen LogP contribution in [0.3, 0.4) is 0 Å². The molecule has 2 bridgehead atoms. The summed E-state index contributed by atoms with van der Waals surface area (Å²) in [5, 5.41) is 3.48. The van der Waals surface area contributed by atoms with Crippen molar-refractivity contribution >= 4 is 11.5 Å². The van der Waals surface area contributed by atoms with Gasteiger partial charge in [-0.05, 0) is 92.9 Å². The van der Waals surface area contributed by atoms with Gasteiger partial charge in [-0.3, -0.25) is 9.79 Å². The van der Waals surface area contributed by atoms with Crippen LogP contribution < -0.4 is 5.32 Å². The first-order valence-electron chi connectivity index (χ1n) is 9.95. The summed E-state index contributed by atoms with van der Waals surface area (Å²) >= 11 is 0. The number of carbonyl (C=O) groups is 1. The molecule has 2 heterocycles. The minimum atomic E-state index is 0.0934. The van der Waals surface area contributed by atoms with E-state index >= 15 is 0 Å². The van der Waals surface area contributed by atoms with Gasteiger partial charge in [0.1, 0.15) is 0 Å². The van der Waals surface area contributed by atoms with Crippen molar-refractivity contribution in [2.45, 2.75) is 57.8 Å². The first-order valence-corrected chi connectivity index (χ1v) is 9.95. The summed E-state index contributed by atoms with van der Waals surface area (Å²) in [6.45, 7) is 2.08. The van der Waals surface area contributed by atoms with Crippen molar-refractivity contribution in [3.8, 4) is 0 Å². The maximum atomic E-state index is 12.4. The lowest BCUT2D eigenvalue weighted by atomic mass is 9.39. The number of nitrogens with one attached hydrogen (secondary N) is 1. The summed E-state index contributed by atoms with van der Waals surface area (Å²) in [5.41, 5.74) is 6.26. The molecule has 1 N–H and O–H groups in total. The predicted octanol–water partition coefficient (Wildman–Crippen LogP) is 3.56. The van der Waals surface area contributed by atoms with E-state index < -0.39 is 0 Å². The van der Waals surface area contributed by atoms with E-state index in [2.05, 4.69) is 5.32 Å². The van der Waals surface area contributed by atoms with Crippen molar-refractivity contribution in [1.82, 2.24) is 5.32 Å². The highest BCUT2D eigenvalue weighted by atomic mass is 16.1. The maximum absolute atomic E-state index is 12.4. The zero-order valence-electron chi connectivity index (χ0n) is 14.4. The Balaban J connectivity index is 1.38. The number of fused-ring (bicyclic) bond motifs is 3. The van der Waals surface area contributed by atoms with Gasteiger partial charge in [0.15, 0.2) is 5.78 Å². The molecule has 7 rings (SSSR count). The van der Waals surface area contributed by atoms with Crippen LogP contribution in [0.25, 0.3) is 0 Å². The first kappa shape index (κ1) is 14.0. The SMILES string of the molecule is O=C1C=C2N=C3CC(C45CC(C4)C5)CCC3=C2C2(CCNCC2)C1. The number of hydrogen-bond acceptors (Lipinski definition) is 3. The molecule has 1 spiro atoms. The lowest BCUT2D eigenvalue weighted by molar-refractivity contribution is -0.152. The van der Waals surface area contributed by atoms with Crippen LogP contribution in [0.5, 0.6) is 0 Å². The number of allylic oxidation sites excluding steroid dienone is 3. The summed E-state index contributed by atoms with van der Waals surface area (Å²) < 4.78 is 0. The molecular formula is C21H26N2O. The standard InChI is InChI=1S/C21H26N2O/c24-15-8-18-19(20(12-15)3-5-22-6-4-20)16-2-1-14(7-17(16)23-18)21-9-13(10-21)11-21/h8,13-14,22H,1-7,9-12H2. The van der Waals surface area contributed by atoms with E-state index in [9.17, 15) is 4.79 Å². The molecule has 126 valence electrons. The summed E-state index contributed by atoms with van der Waals surface area (Å²) in [7, 11) is 0. The molecule has 5 aliphatic carbocycles. The predicted molar refractivity (Wildman–Crippen MR) is 93.8 cm³/mol. The molecule has 2 aliphatic heterocycles. The third-order valence-electron chi connectivity index (χ3n) is 8.20. The molecule has 24 heavy (non-hydrogen) atoms. The van der Waals surface area contributed by atoms with Gasteiger partial charge in [0.05, 0.1) is 5.70 Å². The second kappa shape index (κ2) is 4.49. The van der Waals surface area contributed by atoms with Crippen molar-refractivity contribution in [2.75, 3.05) is 13.1 Å². The third-order valence-corrected chi connectivity index (χ3v) is 8.20. The highest BCUT2D eigenvalue weighted by Gasteiger charge is 2.61. The van der Waals surface area contributed by atoms with Crippen LogP contribution in [0, 0.1) is 22.7 Å². The summed E-state index contributed by atoms with van der Waals surface area (Å²) in [5.74, 6) is 2.23. The van der Waals surface area contributed by atoms with E-state index in [-0.39, 0.29) is 5.41 Å². The molecule has 7 aliphatic rings. The molecule has 0 radical (unpaired) electrons. The van der Waals surface area contributed by atoms with Crippen molar-refractivity contribution in [1.29, 1.82) is 0 Å². The van der Waals surface area contributed by atoms with Gasteiger partial charge >= 0.3 is 0 Å². The summed E-state index contributed by atoms with van der Waals surface area (Å²) in [6, 6.07) is 0. The van der Waals surface area contributed by atoms with Crippen LogP contribution in [0.1, 0.15) is 57.8 Å². The Labute approximate surface area is 143 Å². The average Bonchev–Trinajstić information content (AvgIpc) is 2.82. The molecule has 0 aromatic heterocycles. The van der Waals surface area contributed by atoms with E-state index in [1.165, 1.54) is 49.8 Å². The van der Waals surface area contributed by atoms with E-state index in [0.29, 0.717) is 11.2 Å². The number of aliphatic imine (C=N–C) groups is 1. The minimum Gasteiger partial charge on any atom is -0.317 e. The van der Waals surface area contributed by atoms with Crippen LogP contribution in [-0.2, 0) is 4.79 Å². The highest BCUT2D eigenvalue weighted by Crippen LogP contribution is 2.70. The zero-order chi connectivity index (χ0) is 15.9. The summed E-state index contributed by atoms with van der Waals surface area (Å²) in [4.78, 5) is 17.4. The number of piperidine rings is 1.